The number of carbonyl (C=O) groups excluding carboxylic acids is 1. The number of hydrogen-bond acceptors (Lipinski definition) is 3. The molecule has 0 aliphatic carbocycles. The van der Waals surface area contributed by atoms with Crippen LogP contribution in [0, 0.1) is 5.92 Å². The van der Waals surface area contributed by atoms with Crippen LogP contribution in [0.1, 0.15) is 31.4 Å². The molecule has 2 aromatic rings. The van der Waals surface area contributed by atoms with E-state index >= 15 is 0 Å². The van der Waals surface area contributed by atoms with Gasteiger partial charge in [-0.05, 0) is 17.5 Å². The number of likely N-dealkylation sites (tertiary alicyclic amines) is 1. The Morgan fingerprint density at radius 1 is 1.29 bits per heavy atom. The topological polar surface area (TPSA) is 74.6 Å². The largest absolute Gasteiger partial charge is 0.352 e. The van der Waals surface area contributed by atoms with Crippen molar-refractivity contribution in [3.8, 4) is 0 Å². The number of nitrogens with zero attached hydrogens (tertiary/aromatic N) is 4. The highest BCUT2D eigenvalue weighted by atomic mass is 16.2. The molecule has 1 atom stereocenters. The summed E-state index contributed by atoms with van der Waals surface area (Å²) in [5, 5.41) is 6.80. The lowest BCUT2D eigenvalue weighted by atomic mass is 10.1. The van der Waals surface area contributed by atoms with Gasteiger partial charge < -0.3 is 20.1 Å². The van der Waals surface area contributed by atoms with Gasteiger partial charge in [-0.15, -0.1) is 0 Å². The molecule has 3 rings (SSSR count). The minimum Gasteiger partial charge on any atom is -0.352 e. The summed E-state index contributed by atoms with van der Waals surface area (Å²) >= 11 is 0. The van der Waals surface area contributed by atoms with Gasteiger partial charge in [-0.2, -0.15) is 0 Å². The molecule has 2 N–H and O–H groups in total. The van der Waals surface area contributed by atoms with E-state index in [4.69, 9.17) is 0 Å². The molecule has 2 heterocycles. The maximum absolute atomic E-state index is 12.1. The summed E-state index contributed by atoms with van der Waals surface area (Å²) in [6.45, 7) is 6.97. The molecule has 1 aromatic carbocycles. The van der Waals surface area contributed by atoms with E-state index in [2.05, 4.69) is 44.9 Å². The molecule has 150 valence electrons. The molecule has 7 heteroatoms. The minimum atomic E-state index is 0.0490. The number of guanidine groups is 1. The van der Waals surface area contributed by atoms with E-state index in [1.165, 1.54) is 11.1 Å². The van der Waals surface area contributed by atoms with Crippen LogP contribution < -0.4 is 10.6 Å². The summed E-state index contributed by atoms with van der Waals surface area (Å²) in [5.41, 5.74) is 2.44. The van der Waals surface area contributed by atoms with Crippen molar-refractivity contribution in [3.63, 3.8) is 0 Å². The highest BCUT2D eigenvalue weighted by molar-refractivity contribution is 5.81. The van der Waals surface area contributed by atoms with Gasteiger partial charge in [0.25, 0.3) is 0 Å². The van der Waals surface area contributed by atoms with Crippen LogP contribution in [0.4, 0.5) is 0 Å². The third-order valence-electron chi connectivity index (χ3n) is 4.97. The molecular formula is C21H30N6O. The number of aromatic nitrogens is 2. The Bertz CT molecular complexity index is 782. The number of rotatable bonds is 6. The first kappa shape index (κ1) is 19.9. The normalized spacial score (nSPS) is 17.2. The van der Waals surface area contributed by atoms with Crippen molar-refractivity contribution in [2.75, 3.05) is 20.1 Å². The fraction of sp³-hybridized carbons (Fsp3) is 0.476. The number of aliphatic imine (C=N–C) groups is 1. The Labute approximate surface area is 166 Å². The molecule has 1 fully saturated rings. The van der Waals surface area contributed by atoms with Crippen molar-refractivity contribution in [1.82, 2.24) is 25.1 Å². The van der Waals surface area contributed by atoms with Crippen molar-refractivity contribution in [3.05, 3.63) is 54.1 Å². The van der Waals surface area contributed by atoms with Gasteiger partial charge in [-0.1, -0.05) is 38.1 Å². The Balaban J connectivity index is 1.46. The molecule has 1 amide bonds. The molecule has 1 aliphatic heterocycles. The summed E-state index contributed by atoms with van der Waals surface area (Å²) in [7, 11) is 1.77. The van der Waals surface area contributed by atoms with Crippen molar-refractivity contribution in [2.45, 2.75) is 39.4 Å². The molecule has 0 radical (unpaired) electrons. The van der Waals surface area contributed by atoms with Gasteiger partial charge in [0.05, 0.1) is 6.33 Å². The maximum Gasteiger partial charge on any atom is 0.225 e. The van der Waals surface area contributed by atoms with Crippen LogP contribution in [-0.2, 0) is 17.9 Å². The number of carbonyl (C=O) groups is 1. The number of amides is 1. The summed E-state index contributed by atoms with van der Waals surface area (Å²) in [5.74, 6) is 1.04. The highest BCUT2D eigenvalue weighted by Gasteiger charge is 2.27. The lowest BCUT2D eigenvalue weighted by Crippen LogP contribution is -2.45. The third-order valence-corrected chi connectivity index (χ3v) is 4.97. The molecule has 0 spiro atoms. The average molecular weight is 383 g/mol. The van der Waals surface area contributed by atoms with Crippen LogP contribution in [0.25, 0.3) is 0 Å². The summed E-state index contributed by atoms with van der Waals surface area (Å²) in [6, 6.07) is 8.78. The SMILES string of the molecule is CN=C(NCc1ccc(Cn2ccnc2)cc1)NC1CCN(C(=O)C(C)C)C1. The van der Waals surface area contributed by atoms with Gasteiger partial charge in [-0.25, -0.2) is 4.98 Å². The fourth-order valence-corrected chi connectivity index (χ4v) is 3.37. The van der Waals surface area contributed by atoms with Crippen LogP contribution in [0.5, 0.6) is 0 Å². The van der Waals surface area contributed by atoms with Crippen molar-refractivity contribution in [1.29, 1.82) is 0 Å². The van der Waals surface area contributed by atoms with Crippen molar-refractivity contribution >= 4 is 11.9 Å². The minimum absolute atomic E-state index is 0.0490. The fourth-order valence-electron chi connectivity index (χ4n) is 3.37. The lowest BCUT2D eigenvalue weighted by Gasteiger charge is -2.20. The second-order valence-corrected chi connectivity index (χ2v) is 7.55. The van der Waals surface area contributed by atoms with Crippen molar-refractivity contribution < 1.29 is 4.79 Å². The summed E-state index contributed by atoms with van der Waals surface area (Å²) < 4.78 is 2.05. The molecule has 1 unspecified atom stereocenters. The second kappa shape index (κ2) is 9.39. The third kappa shape index (κ3) is 5.34. The molecule has 1 aromatic heterocycles. The zero-order valence-electron chi connectivity index (χ0n) is 16.9. The molecule has 0 bridgehead atoms. The zero-order valence-corrected chi connectivity index (χ0v) is 16.9. The van der Waals surface area contributed by atoms with Gasteiger partial charge in [0.2, 0.25) is 5.91 Å². The average Bonchev–Trinajstić information content (AvgIpc) is 3.37. The van der Waals surface area contributed by atoms with E-state index in [0.29, 0.717) is 6.54 Å². The molecule has 7 nitrogen and oxygen atoms in total. The highest BCUT2D eigenvalue weighted by Crippen LogP contribution is 2.13. The lowest BCUT2D eigenvalue weighted by molar-refractivity contribution is -0.133. The van der Waals surface area contributed by atoms with E-state index < -0.39 is 0 Å². The maximum atomic E-state index is 12.1. The van der Waals surface area contributed by atoms with E-state index in [-0.39, 0.29) is 17.9 Å². The van der Waals surface area contributed by atoms with Crippen LogP contribution in [0.2, 0.25) is 0 Å². The van der Waals surface area contributed by atoms with E-state index in [1.807, 2.05) is 35.8 Å². The molecule has 1 aliphatic rings. The first-order valence-corrected chi connectivity index (χ1v) is 9.84. The Kier molecular flexibility index (Phi) is 6.68. The zero-order chi connectivity index (χ0) is 19.9. The molecular weight excluding hydrogens is 352 g/mol. The quantitative estimate of drug-likeness (QED) is 0.591. The predicted octanol–water partition coefficient (Wildman–Crippen LogP) is 1.85. The summed E-state index contributed by atoms with van der Waals surface area (Å²) in [6.07, 6.45) is 6.52. The number of nitrogens with one attached hydrogen (secondary N) is 2. The van der Waals surface area contributed by atoms with Gasteiger partial charge in [0, 0.05) is 57.6 Å². The van der Waals surface area contributed by atoms with E-state index in [0.717, 1.165) is 32.0 Å². The van der Waals surface area contributed by atoms with E-state index in [9.17, 15) is 4.79 Å². The second-order valence-electron chi connectivity index (χ2n) is 7.55. The van der Waals surface area contributed by atoms with Crippen LogP contribution >= 0.6 is 0 Å². The molecule has 1 saturated heterocycles. The predicted molar refractivity (Wildman–Crippen MR) is 111 cm³/mol. The monoisotopic (exact) mass is 382 g/mol. The van der Waals surface area contributed by atoms with Gasteiger partial charge >= 0.3 is 0 Å². The summed E-state index contributed by atoms with van der Waals surface area (Å²) in [4.78, 5) is 22.5. The Hall–Kier alpha value is -2.83. The van der Waals surface area contributed by atoms with E-state index in [1.54, 1.807) is 13.2 Å². The first-order valence-electron chi connectivity index (χ1n) is 9.84. The molecule has 28 heavy (non-hydrogen) atoms. The van der Waals surface area contributed by atoms with Gasteiger partial charge in [0.15, 0.2) is 5.96 Å². The standard InChI is InChI=1S/C21H30N6O/c1-16(2)20(28)27-10-8-19(14-27)25-21(22-3)24-12-17-4-6-18(7-5-17)13-26-11-9-23-15-26/h4-7,9,11,15-16,19H,8,10,12-14H2,1-3H3,(H2,22,24,25). The Morgan fingerprint density at radius 3 is 2.68 bits per heavy atom. The number of imidazole rings is 1. The van der Waals surface area contributed by atoms with Crippen LogP contribution in [-0.4, -0.2) is 52.5 Å². The smallest absolute Gasteiger partial charge is 0.225 e. The Morgan fingerprint density at radius 2 is 2.04 bits per heavy atom. The van der Waals surface area contributed by atoms with Crippen molar-refractivity contribution in [2.24, 2.45) is 10.9 Å². The number of benzene rings is 1. The number of hydrogen-bond donors (Lipinski definition) is 2. The van der Waals surface area contributed by atoms with Gasteiger partial charge in [0.1, 0.15) is 0 Å². The molecule has 0 saturated carbocycles. The first-order chi connectivity index (χ1) is 13.5. The van der Waals surface area contributed by atoms with Gasteiger partial charge in [-0.3, -0.25) is 9.79 Å². The van der Waals surface area contributed by atoms with Crippen LogP contribution in [0.3, 0.4) is 0 Å². The van der Waals surface area contributed by atoms with Crippen LogP contribution in [0.15, 0.2) is 48.0 Å².